The molecule has 3 heterocycles. The van der Waals surface area contributed by atoms with Crippen LogP contribution in [0.25, 0.3) is 0 Å². The predicted molar refractivity (Wildman–Crippen MR) is 68.1 cm³/mol. The lowest BCUT2D eigenvalue weighted by Gasteiger charge is -2.22. The standard InChI is InChI=1S/C13H18N4O2/c1-16-4-5-17-11(8-16)7-10(15-17)6-9-2-3-12(18)14-13(9)19/h7,9H,2-6,8H2,1H3,(H,14,18,19). The molecule has 0 aromatic carbocycles. The number of rotatable bonds is 2. The first kappa shape index (κ1) is 12.3. The third-order valence-electron chi connectivity index (χ3n) is 3.85. The maximum absolute atomic E-state index is 11.7. The van der Waals surface area contributed by atoms with E-state index in [9.17, 15) is 9.59 Å². The van der Waals surface area contributed by atoms with Gasteiger partial charge in [-0.25, -0.2) is 0 Å². The number of hydrogen-bond acceptors (Lipinski definition) is 4. The summed E-state index contributed by atoms with van der Waals surface area (Å²) in [7, 11) is 2.09. The van der Waals surface area contributed by atoms with E-state index in [-0.39, 0.29) is 17.7 Å². The summed E-state index contributed by atoms with van der Waals surface area (Å²) in [5.41, 5.74) is 2.16. The minimum Gasteiger partial charge on any atom is -0.299 e. The molecule has 6 nitrogen and oxygen atoms in total. The first-order valence-corrected chi connectivity index (χ1v) is 6.69. The highest BCUT2D eigenvalue weighted by Crippen LogP contribution is 2.19. The van der Waals surface area contributed by atoms with Crippen molar-refractivity contribution in [2.45, 2.75) is 32.4 Å². The van der Waals surface area contributed by atoms with E-state index in [0.717, 1.165) is 25.3 Å². The van der Waals surface area contributed by atoms with Crippen molar-refractivity contribution in [1.29, 1.82) is 0 Å². The average Bonchev–Trinajstić information content (AvgIpc) is 2.74. The Bertz CT molecular complexity index is 523. The fourth-order valence-electron chi connectivity index (χ4n) is 2.74. The van der Waals surface area contributed by atoms with Crippen LogP contribution >= 0.6 is 0 Å². The van der Waals surface area contributed by atoms with Crippen LogP contribution in [0, 0.1) is 5.92 Å². The van der Waals surface area contributed by atoms with Gasteiger partial charge in [-0.2, -0.15) is 5.10 Å². The fraction of sp³-hybridized carbons (Fsp3) is 0.615. The van der Waals surface area contributed by atoms with Gasteiger partial charge in [0, 0.05) is 31.8 Å². The van der Waals surface area contributed by atoms with Gasteiger partial charge in [0.15, 0.2) is 0 Å². The van der Waals surface area contributed by atoms with Gasteiger partial charge in [-0.1, -0.05) is 0 Å². The van der Waals surface area contributed by atoms with E-state index >= 15 is 0 Å². The molecule has 0 bridgehead atoms. The summed E-state index contributed by atoms with van der Waals surface area (Å²) in [4.78, 5) is 25.1. The van der Waals surface area contributed by atoms with Crippen LogP contribution in [-0.2, 0) is 29.1 Å². The minimum absolute atomic E-state index is 0.118. The number of likely N-dealkylation sites (N-methyl/N-ethyl adjacent to an activating group) is 1. The number of hydrogen-bond donors (Lipinski definition) is 1. The summed E-state index contributed by atoms with van der Waals surface area (Å²) in [6.45, 7) is 2.82. The van der Waals surface area contributed by atoms with Gasteiger partial charge in [0.05, 0.1) is 17.9 Å². The van der Waals surface area contributed by atoms with E-state index < -0.39 is 0 Å². The molecular formula is C13H18N4O2. The van der Waals surface area contributed by atoms with Gasteiger partial charge in [0.2, 0.25) is 11.8 Å². The second-order valence-corrected chi connectivity index (χ2v) is 5.44. The molecule has 2 aliphatic heterocycles. The molecule has 19 heavy (non-hydrogen) atoms. The number of aromatic nitrogens is 2. The molecule has 1 fully saturated rings. The van der Waals surface area contributed by atoms with Gasteiger partial charge in [-0.05, 0) is 19.5 Å². The highest BCUT2D eigenvalue weighted by Gasteiger charge is 2.28. The number of nitrogens with zero attached hydrogens (tertiary/aromatic N) is 3. The predicted octanol–water partition coefficient (Wildman–Crippen LogP) is -0.0762. The first-order chi connectivity index (χ1) is 9.11. The summed E-state index contributed by atoms with van der Waals surface area (Å²) in [6.07, 6.45) is 1.70. The van der Waals surface area contributed by atoms with Gasteiger partial charge in [-0.15, -0.1) is 0 Å². The second-order valence-electron chi connectivity index (χ2n) is 5.44. The zero-order valence-corrected chi connectivity index (χ0v) is 11.1. The van der Waals surface area contributed by atoms with E-state index in [2.05, 4.69) is 28.4 Å². The average molecular weight is 262 g/mol. The molecule has 0 aliphatic carbocycles. The van der Waals surface area contributed by atoms with Crippen molar-refractivity contribution in [3.05, 3.63) is 17.5 Å². The van der Waals surface area contributed by atoms with Crippen LogP contribution in [0.3, 0.4) is 0 Å². The van der Waals surface area contributed by atoms with Gasteiger partial charge in [0.1, 0.15) is 0 Å². The molecule has 102 valence electrons. The third kappa shape index (κ3) is 2.53. The van der Waals surface area contributed by atoms with Crippen molar-refractivity contribution in [3.8, 4) is 0 Å². The Balaban J connectivity index is 1.70. The van der Waals surface area contributed by atoms with Crippen LogP contribution in [0.2, 0.25) is 0 Å². The lowest BCUT2D eigenvalue weighted by molar-refractivity contribution is -0.136. The van der Waals surface area contributed by atoms with E-state index in [1.165, 1.54) is 5.69 Å². The summed E-state index contributed by atoms with van der Waals surface area (Å²) in [6, 6.07) is 2.08. The third-order valence-corrected chi connectivity index (χ3v) is 3.85. The van der Waals surface area contributed by atoms with Crippen LogP contribution in [0.4, 0.5) is 0 Å². The van der Waals surface area contributed by atoms with E-state index in [1.807, 2.05) is 4.68 Å². The van der Waals surface area contributed by atoms with Gasteiger partial charge in [-0.3, -0.25) is 24.5 Å². The molecule has 2 amide bonds. The molecule has 3 rings (SSSR count). The molecule has 1 atom stereocenters. The number of imide groups is 1. The lowest BCUT2D eigenvalue weighted by atomic mass is 9.93. The van der Waals surface area contributed by atoms with Crippen LogP contribution in [0.5, 0.6) is 0 Å². The monoisotopic (exact) mass is 262 g/mol. The zero-order chi connectivity index (χ0) is 13.4. The number of carbonyl (C=O) groups excluding carboxylic acids is 2. The van der Waals surface area contributed by atoms with Crippen molar-refractivity contribution < 1.29 is 9.59 Å². The van der Waals surface area contributed by atoms with Crippen molar-refractivity contribution in [3.63, 3.8) is 0 Å². The Morgan fingerprint density at radius 1 is 1.42 bits per heavy atom. The molecule has 1 N–H and O–H groups in total. The number of piperidine rings is 1. The Morgan fingerprint density at radius 3 is 3.05 bits per heavy atom. The summed E-state index contributed by atoms with van der Waals surface area (Å²) >= 11 is 0. The Labute approximate surface area is 111 Å². The molecule has 2 aliphatic rings. The van der Waals surface area contributed by atoms with Gasteiger partial charge in [0.25, 0.3) is 0 Å². The number of carbonyl (C=O) groups is 2. The minimum atomic E-state index is -0.160. The highest BCUT2D eigenvalue weighted by atomic mass is 16.2. The number of fused-ring (bicyclic) bond motifs is 1. The van der Waals surface area contributed by atoms with E-state index in [4.69, 9.17) is 0 Å². The Kier molecular flexibility index (Phi) is 3.10. The normalized spacial score (nSPS) is 24.2. The molecule has 1 unspecified atom stereocenters. The second kappa shape index (κ2) is 4.77. The van der Waals surface area contributed by atoms with Crippen molar-refractivity contribution in [1.82, 2.24) is 20.0 Å². The summed E-state index contributed by atoms with van der Waals surface area (Å²) < 4.78 is 2.03. The van der Waals surface area contributed by atoms with Gasteiger partial charge >= 0.3 is 0 Å². The lowest BCUT2D eigenvalue weighted by Crippen LogP contribution is -2.41. The van der Waals surface area contributed by atoms with Crippen LogP contribution < -0.4 is 5.32 Å². The van der Waals surface area contributed by atoms with Gasteiger partial charge < -0.3 is 0 Å². The van der Waals surface area contributed by atoms with Crippen molar-refractivity contribution in [2.75, 3.05) is 13.6 Å². The molecule has 0 saturated carbocycles. The summed E-state index contributed by atoms with van der Waals surface area (Å²) in [5, 5.41) is 6.96. The highest BCUT2D eigenvalue weighted by molar-refractivity contribution is 5.98. The van der Waals surface area contributed by atoms with Crippen molar-refractivity contribution in [2.24, 2.45) is 5.92 Å². The van der Waals surface area contributed by atoms with E-state index in [0.29, 0.717) is 19.3 Å². The Morgan fingerprint density at radius 2 is 2.26 bits per heavy atom. The van der Waals surface area contributed by atoms with Crippen molar-refractivity contribution >= 4 is 11.8 Å². The first-order valence-electron chi connectivity index (χ1n) is 6.69. The van der Waals surface area contributed by atoms with Crippen LogP contribution in [0.15, 0.2) is 6.07 Å². The summed E-state index contributed by atoms with van der Waals surface area (Å²) in [5.74, 6) is -0.432. The molecule has 0 spiro atoms. The molecule has 1 aromatic rings. The maximum atomic E-state index is 11.7. The van der Waals surface area contributed by atoms with Crippen LogP contribution in [0.1, 0.15) is 24.2 Å². The molecule has 1 saturated heterocycles. The smallest absolute Gasteiger partial charge is 0.230 e. The quantitative estimate of drug-likeness (QED) is 0.757. The maximum Gasteiger partial charge on any atom is 0.230 e. The van der Waals surface area contributed by atoms with E-state index in [1.54, 1.807) is 0 Å². The molecule has 0 radical (unpaired) electrons. The topological polar surface area (TPSA) is 67.2 Å². The largest absolute Gasteiger partial charge is 0.299 e. The zero-order valence-electron chi connectivity index (χ0n) is 11.1. The fourth-order valence-corrected chi connectivity index (χ4v) is 2.74. The molecule has 6 heteroatoms. The molecular weight excluding hydrogens is 244 g/mol. The SMILES string of the molecule is CN1CCn2nc(CC3CCC(=O)NC3=O)cc2C1. The Hall–Kier alpha value is -1.69. The number of amides is 2. The molecule has 1 aromatic heterocycles. The number of nitrogens with one attached hydrogen (secondary N) is 1. The van der Waals surface area contributed by atoms with Crippen LogP contribution in [-0.4, -0.2) is 40.1 Å².